The van der Waals surface area contributed by atoms with Crippen molar-refractivity contribution in [3.05, 3.63) is 47.2 Å². The number of halogens is 3. The van der Waals surface area contributed by atoms with Gasteiger partial charge in [0.25, 0.3) is 0 Å². The van der Waals surface area contributed by atoms with E-state index in [2.05, 4.69) is 10.4 Å². The van der Waals surface area contributed by atoms with Gasteiger partial charge >= 0.3 is 6.18 Å². The Labute approximate surface area is 125 Å². The van der Waals surface area contributed by atoms with Gasteiger partial charge in [-0.15, -0.1) is 0 Å². The van der Waals surface area contributed by atoms with Gasteiger partial charge in [0.1, 0.15) is 17.5 Å². The number of aryl methyl sites for hydroxylation is 1. The van der Waals surface area contributed by atoms with Gasteiger partial charge in [0, 0.05) is 6.42 Å². The van der Waals surface area contributed by atoms with E-state index in [1.807, 2.05) is 25.1 Å². The van der Waals surface area contributed by atoms with Crippen molar-refractivity contribution < 1.29 is 13.2 Å². The average Bonchev–Trinajstić information content (AvgIpc) is 2.88. The molecule has 1 aromatic carbocycles. The predicted octanol–water partition coefficient (Wildman–Crippen LogP) is 3.72. The number of alkyl halides is 3. The van der Waals surface area contributed by atoms with Gasteiger partial charge in [0.15, 0.2) is 6.04 Å². The number of fused-ring (bicyclic) bond motifs is 1. The molecule has 4 nitrogen and oxygen atoms in total. The van der Waals surface area contributed by atoms with Crippen LogP contribution in [0.25, 0.3) is 0 Å². The molecule has 0 bridgehead atoms. The minimum atomic E-state index is -4.42. The van der Waals surface area contributed by atoms with Crippen LogP contribution in [0.2, 0.25) is 0 Å². The minimum absolute atomic E-state index is 0.117. The Kier molecular flexibility index (Phi) is 3.32. The van der Waals surface area contributed by atoms with Gasteiger partial charge < -0.3 is 5.32 Å². The second-order valence-corrected chi connectivity index (χ2v) is 5.36. The second kappa shape index (κ2) is 5.05. The van der Waals surface area contributed by atoms with Crippen molar-refractivity contribution in [3.63, 3.8) is 0 Å². The summed E-state index contributed by atoms with van der Waals surface area (Å²) in [5.41, 5.74) is 1.91. The Morgan fingerprint density at radius 3 is 2.59 bits per heavy atom. The Bertz CT molecular complexity index is 725. The second-order valence-electron chi connectivity index (χ2n) is 5.36. The zero-order valence-corrected chi connectivity index (χ0v) is 11.7. The van der Waals surface area contributed by atoms with Gasteiger partial charge in [0.2, 0.25) is 0 Å². The topological polar surface area (TPSA) is 53.6 Å². The zero-order chi connectivity index (χ0) is 15.9. The predicted molar refractivity (Wildman–Crippen MR) is 74.2 cm³/mol. The molecule has 0 fully saturated rings. The van der Waals surface area contributed by atoms with Crippen molar-refractivity contribution in [3.8, 4) is 6.07 Å². The molecule has 1 N–H and O–H groups in total. The van der Waals surface area contributed by atoms with Crippen LogP contribution in [0.15, 0.2) is 30.5 Å². The lowest BCUT2D eigenvalue weighted by Crippen LogP contribution is -2.35. The van der Waals surface area contributed by atoms with Gasteiger partial charge in [-0.25, -0.2) is 4.68 Å². The molecule has 0 saturated carbocycles. The highest BCUT2D eigenvalue weighted by molar-refractivity contribution is 5.54. The fraction of sp³-hybridized carbons (Fsp3) is 0.333. The number of hydrogen-bond donors (Lipinski definition) is 1. The quantitative estimate of drug-likeness (QED) is 0.873. The number of nitrogens with one attached hydrogen (secondary N) is 1. The number of rotatable bonds is 1. The molecule has 1 aromatic heterocycles. The lowest BCUT2D eigenvalue weighted by Gasteiger charge is -2.33. The summed E-state index contributed by atoms with van der Waals surface area (Å²) < 4.78 is 40.8. The van der Waals surface area contributed by atoms with Crippen molar-refractivity contribution in [2.45, 2.75) is 31.6 Å². The van der Waals surface area contributed by atoms with E-state index >= 15 is 0 Å². The maximum absolute atomic E-state index is 13.3. The molecule has 3 rings (SSSR count). The fourth-order valence-electron chi connectivity index (χ4n) is 2.66. The summed E-state index contributed by atoms with van der Waals surface area (Å²) in [6.45, 7) is 1.92. The lowest BCUT2D eigenvalue weighted by atomic mass is 9.96. The molecule has 2 heterocycles. The summed E-state index contributed by atoms with van der Waals surface area (Å²) >= 11 is 0. The molecule has 1 aliphatic heterocycles. The Morgan fingerprint density at radius 1 is 1.32 bits per heavy atom. The van der Waals surface area contributed by atoms with E-state index in [1.54, 1.807) is 12.1 Å². The summed E-state index contributed by atoms with van der Waals surface area (Å²) in [6, 6.07) is 6.95. The molecule has 114 valence electrons. The van der Waals surface area contributed by atoms with Gasteiger partial charge in [-0.2, -0.15) is 23.5 Å². The monoisotopic (exact) mass is 306 g/mol. The molecule has 0 radical (unpaired) electrons. The molecule has 0 spiro atoms. The maximum Gasteiger partial charge on any atom is 0.410 e. The van der Waals surface area contributed by atoms with Crippen LogP contribution in [0, 0.1) is 18.3 Å². The summed E-state index contributed by atoms with van der Waals surface area (Å²) in [5.74, 6) is 0.127. The van der Waals surface area contributed by atoms with Crippen LogP contribution in [0.1, 0.15) is 35.2 Å². The third-order valence-corrected chi connectivity index (χ3v) is 3.84. The summed E-state index contributed by atoms with van der Waals surface area (Å²) in [6.07, 6.45) is -3.41. The number of nitrogens with zero attached hydrogens (tertiary/aromatic N) is 3. The van der Waals surface area contributed by atoms with Crippen molar-refractivity contribution in [2.24, 2.45) is 0 Å². The molecule has 1 aliphatic rings. The van der Waals surface area contributed by atoms with E-state index in [4.69, 9.17) is 5.26 Å². The molecule has 0 amide bonds. The summed E-state index contributed by atoms with van der Waals surface area (Å²) in [5, 5.41) is 15.8. The van der Waals surface area contributed by atoms with E-state index in [1.165, 1.54) is 6.20 Å². The molecule has 0 aliphatic carbocycles. The minimum Gasteiger partial charge on any atom is -0.362 e. The molecular weight excluding hydrogens is 293 g/mol. The van der Waals surface area contributed by atoms with Crippen LogP contribution in [0.4, 0.5) is 19.0 Å². The third kappa shape index (κ3) is 2.41. The van der Waals surface area contributed by atoms with Gasteiger partial charge in [-0.1, -0.05) is 29.8 Å². The largest absolute Gasteiger partial charge is 0.410 e. The summed E-state index contributed by atoms with van der Waals surface area (Å²) in [4.78, 5) is 0. The van der Waals surface area contributed by atoms with Crippen LogP contribution in [-0.4, -0.2) is 16.0 Å². The first-order valence-electron chi connectivity index (χ1n) is 6.77. The maximum atomic E-state index is 13.3. The Hall–Kier alpha value is -2.49. The molecular formula is C15H13F3N4. The van der Waals surface area contributed by atoms with Crippen molar-refractivity contribution in [1.82, 2.24) is 9.78 Å². The van der Waals surface area contributed by atoms with Crippen molar-refractivity contribution in [1.29, 1.82) is 5.26 Å². The lowest BCUT2D eigenvalue weighted by molar-refractivity contribution is -0.173. The first-order chi connectivity index (χ1) is 10.4. The van der Waals surface area contributed by atoms with Crippen LogP contribution in [-0.2, 0) is 0 Å². The number of nitriles is 1. The smallest absolute Gasteiger partial charge is 0.362 e. The van der Waals surface area contributed by atoms with Crippen molar-refractivity contribution >= 4 is 5.82 Å². The van der Waals surface area contributed by atoms with Crippen molar-refractivity contribution in [2.75, 3.05) is 5.32 Å². The first kappa shape index (κ1) is 14.4. The van der Waals surface area contributed by atoms with E-state index < -0.39 is 18.3 Å². The van der Waals surface area contributed by atoms with Gasteiger partial charge in [-0.05, 0) is 12.5 Å². The Balaban J connectivity index is 2.03. The van der Waals surface area contributed by atoms with Gasteiger partial charge in [0.05, 0.1) is 12.2 Å². The Morgan fingerprint density at radius 2 is 2.00 bits per heavy atom. The normalized spacial score (nSPS) is 20.9. The van der Waals surface area contributed by atoms with E-state index in [9.17, 15) is 13.2 Å². The van der Waals surface area contributed by atoms with E-state index in [0.717, 1.165) is 15.8 Å². The van der Waals surface area contributed by atoms with Crippen LogP contribution < -0.4 is 5.32 Å². The summed E-state index contributed by atoms with van der Waals surface area (Å²) in [7, 11) is 0. The molecule has 2 aromatic rings. The number of aromatic nitrogens is 2. The molecule has 22 heavy (non-hydrogen) atoms. The van der Waals surface area contributed by atoms with Crippen LogP contribution >= 0.6 is 0 Å². The highest BCUT2D eigenvalue weighted by Gasteiger charge is 2.46. The number of benzene rings is 1. The van der Waals surface area contributed by atoms with Gasteiger partial charge in [-0.3, -0.25) is 0 Å². The SMILES string of the molecule is Cc1ccc([C@H]2C[C@@H](C(F)(F)F)n3ncc(C#N)c3N2)cc1. The zero-order valence-electron chi connectivity index (χ0n) is 11.7. The molecule has 7 heteroatoms. The van der Waals surface area contributed by atoms with Crippen LogP contribution in [0.3, 0.4) is 0 Å². The fourth-order valence-corrected chi connectivity index (χ4v) is 2.66. The highest BCUT2D eigenvalue weighted by Crippen LogP contribution is 2.44. The standard InChI is InChI=1S/C15H13F3N4/c1-9-2-4-10(5-3-9)12-6-13(15(16,17)18)22-14(21-12)11(7-19)8-20-22/h2-5,8,12-13,21H,6H2,1H3/t12-,13+/m1/s1. The van der Waals surface area contributed by atoms with E-state index in [0.29, 0.717) is 0 Å². The average molecular weight is 306 g/mol. The molecule has 0 unspecified atom stereocenters. The number of hydrogen-bond acceptors (Lipinski definition) is 3. The van der Waals surface area contributed by atoms with Crippen LogP contribution in [0.5, 0.6) is 0 Å². The highest BCUT2D eigenvalue weighted by atomic mass is 19.4. The molecule has 2 atom stereocenters. The first-order valence-corrected chi connectivity index (χ1v) is 6.77. The third-order valence-electron chi connectivity index (χ3n) is 3.84. The molecule has 0 saturated heterocycles. The number of anilines is 1. The van der Waals surface area contributed by atoms with E-state index in [-0.39, 0.29) is 17.8 Å².